The zero-order valence-electron chi connectivity index (χ0n) is 22.3. The molecule has 1 atom stereocenters. The number of halogens is 1. The third-order valence-corrected chi connectivity index (χ3v) is 8.44. The van der Waals surface area contributed by atoms with E-state index in [1.165, 1.54) is 17.0 Å². The van der Waals surface area contributed by atoms with Crippen molar-refractivity contribution in [3.63, 3.8) is 0 Å². The topological polar surface area (TPSA) is 86.8 Å². The molecule has 0 bridgehead atoms. The number of carbonyl (C=O) groups excluding carboxylic acids is 2. The number of hydrogen-bond acceptors (Lipinski definition) is 4. The van der Waals surface area contributed by atoms with Crippen LogP contribution in [0.25, 0.3) is 0 Å². The lowest BCUT2D eigenvalue weighted by molar-refractivity contribution is -0.139. The van der Waals surface area contributed by atoms with Crippen LogP contribution in [0.5, 0.6) is 0 Å². The van der Waals surface area contributed by atoms with E-state index in [-0.39, 0.29) is 23.4 Å². The highest BCUT2D eigenvalue weighted by Crippen LogP contribution is 2.27. The maximum absolute atomic E-state index is 13.9. The lowest BCUT2D eigenvalue weighted by Gasteiger charge is -2.32. The molecule has 3 aromatic rings. The first kappa shape index (κ1) is 29.2. The van der Waals surface area contributed by atoms with Gasteiger partial charge in [0.25, 0.3) is 10.0 Å². The van der Waals surface area contributed by atoms with Crippen molar-refractivity contribution in [2.75, 3.05) is 10.8 Å². The highest BCUT2D eigenvalue weighted by molar-refractivity contribution is 7.92. The molecule has 3 aromatic carbocycles. The van der Waals surface area contributed by atoms with E-state index < -0.39 is 28.5 Å². The zero-order chi connectivity index (χ0) is 28.0. The fourth-order valence-electron chi connectivity index (χ4n) is 3.93. The Labute approximate surface area is 230 Å². The van der Waals surface area contributed by atoms with Gasteiger partial charge in [0.15, 0.2) is 0 Å². The summed E-state index contributed by atoms with van der Waals surface area (Å²) < 4.78 is 28.7. The van der Waals surface area contributed by atoms with Crippen LogP contribution in [0.2, 0.25) is 5.02 Å². The highest BCUT2D eigenvalue weighted by atomic mass is 35.5. The van der Waals surface area contributed by atoms with Crippen molar-refractivity contribution in [3.05, 3.63) is 94.5 Å². The number of rotatable bonds is 10. The minimum absolute atomic E-state index is 0.0390. The Kier molecular flexibility index (Phi) is 9.57. The smallest absolute Gasteiger partial charge is 0.264 e. The van der Waals surface area contributed by atoms with Crippen molar-refractivity contribution in [3.8, 4) is 0 Å². The molecular formula is C29H34ClN3O4S. The van der Waals surface area contributed by atoms with Gasteiger partial charge < -0.3 is 10.2 Å². The normalized spacial score (nSPS) is 12.2. The molecule has 0 aliphatic heterocycles. The van der Waals surface area contributed by atoms with Gasteiger partial charge in [0, 0.05) is 17.6 Å². The number of amides is 2. The molecular weight excluding hydrogens is 522 g/mol. The summed E-state index contributed by atoms with van der Waals surface area (Å²) in [6.45, 7) is 8.65. The first-order chi connectivity index (χ1) is 17.9. The summed E-state index contributed by atoms with van der Waals surface area (Å²) in [7, 11) is -4.10. The highest BCUT2D eigenvalue weighted by Gasteiger charge is 2.33. The maximum atomic E-state index is 13.9. The predicted molar refractivity (Wildman–Crippen MR) is 152 cm³/mol. The van der Waals surface area contributed by atoms with E-state index in [0.717, 1.165) is 15.4 Å². The Bertz CT molecular complexity index is 1390. The summed E-state index contributed by atoms with van der Waals surface area (Å²) in [6.07, 6.45) is 0. The van der Waals surface area contributed by atoms with Crippen molar-refractivity contribution in [2.45, 2.75) is 58.1 Å². The van der Waals surface area contributed by atoms with Gasteiger partial charge in [-0.15, -0.1) is 0 Å². The molecule has 0 aromatic heterocycles. The van der Waals surface area contributed by atoms with E-state index in [0.29, 0.717) is 16.3 Å². The Morgan fingerprint density at radius 2 is 1.53 bits per heavy atom. The van der Waals surface area contributed by atoms with E-state index >= 15 is 0 Å². The molecule has 2 amide bonds. The van der Waals surface area contributed by atoms with E-state index in [9.17, 15) is 18.0 Å². The molecule has 0 radical (unpaired) electrons. The predicted octanol–water partition coefficient (Wildman–Crippen LogP) is 5.09. The van der Waals surface area contributed by atoms with Gasteiger partial charge >= 0.3 is 0 Å². The molecule has 202 valence electrons. The average molecular weight is 556 g/mol. The van der Waals surface area contributed by atoms with Crippen molar-refractivity contribution in [1.82, 2.24) is 10.2 Å². The molecule has 0 saturated carbocycles. The van der Waals surface area contributed by atoms with E-state index in [4.69, 9.17) is 11.6 Å². The molecule has 1 N–H and O–H groups in total. The third kappa shape index (κ3) is 6.94. The second-order valence-corrected chi connectivity index (χ2v) is 11.8. The van der Waals surface area contributed by atoms with E-state index in [2.05, 4.69) is 5.32 Å². The van der Waals surface area contributed by atoms with Gasteiger partial charge in [-0.05, 0) is 81.6 Å². The summed E-state index contributed by atoms with van der Waals surface area (Å²) in [5.74, 6) is -0.877. The molecule has 0 saturated heterocycles. The third-order valence-electron chi connectivity index (χ3n) is 6.29. The molecule has 0 spiro atoms. The molecule has 0 heterocycles. The van der Waals surface area contributed by atoms with Gasteiger partial charge in [-0.2, -0.15) is 0 Å². The number of anilines is 1. The van der Waals surface area contributed by atoms with Crippen LogP contribution in [0.15, 0.2) is 77.7 Å². The lowest BCUT2D eigenvalue weighted by Crippen LogP contribution is -2.52. The summed E-state index contributed by atoms with van der Waals surface area (Å²) in [6, 6.07) is 19.3. The van der Waals surface area contributed by atoms with Crippen molar-refractivity contribution < 1.29 is 18.0 Å². The SMILES string of the molecule is Cc1ccc(N(CC(=O)N(Cc2ccccc2Cl)[C@H](C)C(=O)NC(C)C)S(=O)(=O)c2ccccc2)cc1C. The molecule has 3 rings (SSSR count). The lowest BCUT2D eigenvalue weighted by atomic mass is 10.1. The molecule has 0 aliphatic rings. The number of nitrogens with zero attached hydrogens (tertiary/aromatic N) is 2. The molecule has 9 heteroatoms. The molecule has 0 aliphatic carbocycles. The van der Waals surface area contributed by atoms with Crippen molar-refractivity contribution in [2.24, 2.45) is 0 Å². The van der Waals surface area contributed by atoms with Crippen LogP contribution >= 0.6 is 11.6 Å². The van der Waals surface area contributed by atoms with Crippen LogP contribution in [-0.4, -0.2) is 43.8 Å². The van der Waals surface area contributed by atoms with Gasteiger partial charge in [-0.3, -0.25) is 13.9 Å². The Hall–Kier alpha value is -3.36. The monoisotopic (exact) mass is 555 g/mol. The van der Waals surface area contributed by atoms with Crippen LogP contribution in [-0.2, 0) is 26.2 Å². The van der Waals surface area contributed by atoms with Crippen LogP contribution < -0.4 is 9.62 Å². The van der Waals surface area contributed by atoms with Crippen LogP contribution in [0.4, 0.5) is 5.69 Å². The Morgan fingerprint density at radius 3 is 2.13 bits per heavy atom. The van der Waals surface area contributed by atoms with Crippen molar-refractivity contribution in [1.29, 1.82) is 0 Å². The van der Waals surface area contributed by atoms with E-state index in [1.807, 2.05) is 33.8 Å². The molecule has 7 nitrogen and oxygen atoms in total. The van der Waals surface area contributed by atoms with Crippen LogP contribution in [0, 0.1) is 13.8 Å². The zero-order valence-corrected chi connectivity index (χ0v) is 23.9. The number of nitrogens with one attached hydrogen (secondary N) is 1. The quantitative estimate of drug-likeness (QED) is 0.377. The summed E-state index contributed by atoms with van der Waals surface area (Å²) in [5, 5.41) is 3.28. The number of aryl methyl sites for hydroxylation is 2. The van der Waals surface area contributed by atoms with Crippen molar-refractivity contribution >= 4 is 39.1 Å². The van der Waals surface area contributed by atoms with Crippen LogP contribution in [0.1, 0.15) is 37.5 Å². The summed E-state index contributed by atoms with van der Waals surface area (Å²) in [4.78, 5) is 28.3. The minimum atomic E-state index is -4.10. The van der Waals surface area contributed by atoms with Gasteiger partial charge in [0.1, 0.15) is 12.6 Å². The Balaban J connectivity index is 2.06. The second kappa shape index (κ2) is 12.5. The first-order valence-electron chi connectivity index (χ1n) is 12.4. The fourth-order valence-corrected chi connectivity index (χ4v) is 5.55. The summed E-state index contributed by atoms with van der Waals surface area (Å²) >= 11 is 6.38. The molecule has 0 unspecified atom stereocenters. The van der Waals surface area contributed by atoms with Crippen LogP contribution in [0.3, 0.4) is 0 Å². The standard InChI is InChI=1S/C29H34ClN3O4S/c1-20(2)31-29(35)23(5)32(18-24-11-9-10-14-27(24)30)28(34)19-33(25-16-15-21(3)22(4)17-25)38(36,37)26-12-7-6-8-13-26/h6-17,20,23H,18-19H2,1-5H3,(H,31,35)/t23-/m1/s1. The largest absolute Gasteiger partial charge is 0.352 e. The number of carbonyl (C=O) groups is 2. The summed E-state index contributed by atoms with van der Waals surface area (Å²) in [5.41, 5.74) is 2.90. The molecule has 0 fully saturated rings. The number of sulfonamides is 1. The minimum Gasteiger partial charge on any atom is -0.352 e. The first-order valence-corrected chi connectivity index (χ1v) is 14.2. The Morgan fingerprint density at radius 1 is 0.895 bits per heavy atom. The number of hydrogen-bond donors (Lipinski definition) is 1. The van der Waals surface area contributed by atoms with E-state index in [1.54, 1.807) is 61.5 Å². The van der Waals surface area contributed by atoms with Gasteiger partial charge in [-0.25, -0.2) is 8.42 Å². The number of benzene rings is 3. The van der Waals surface area contributed by atoms with Gasteiger partial charge in [0.2, 0.25) is 11.8 Å². The average Bonchev–Trinajstić information content (AvgIpc) is 2.88. The maximum Gasteiger partial charge on any atom is 0.264 e. The fraction of sp³-hybridized carbons (Fsp3) is 0.310. The molecule has 38 heavy (non-hydrogen) atoms. The van der Waals surface area contributed by atoms with Gasteiger partial charge in [0.05, 0.1) is 10.6 Å². The van der Waals surface area contributed by atoms with Gasteiger partial charge in [-0.1, -0.05) is 54.1 Å². The second-order valence-electron chi connectivity index (χ2n) is 9.55.